The minimum Gasteiger partial charge on any atom is -0.455 e. The second-order valence-electron chi connectivity index (χ2n) is 8.87. The van der Waals surface area contributed by atoms with Crippen molar-refractivity contribution in [1.82, 2.24) is 0 Å². The minimum atomic E-state index is 0.470. The van der Waals surface area contributed by atoms with Crippen LogP contribution in [0.3, 0.4) is 0 Å². The molecule has 0 aromatic heterocycles. The van der Waals surface area contributed by atoms with Crippen LogP contribution in [0.25, 0.3) is 0 Å². The third-order valence-electron chi connectivity index (χ3n) is 5.35. The summed E-state index contributed by atoms with van der Waals surface area (Å²) in [7, 11) is 2.92. The van der Waals surface area contributed by atoms with Gasteiger partial charge in [-0.05, 0) is 98.5 Å². The van der Waals surface area contributed by atoms with Crippen molar-refractivity contribution in [2.45, 2.75) is 37.5 Å². The Balaban J connectivity index is 1.56. The Hall–Kier alpha value is -3.62. The van der Waals surface area contributed by atoms with Gasteiger partial charge in [-0.3, -0.25) is 0 Å². The van der Waals surface area contributed by atoms with Gasteiger partial charge in [0.2, 0.25) is 0 Å². The normalized spacial score (nSPS) is 10.9. The molecule has 8 N–H and O–H groups in total. The van der Waals surface area contributed by atoms with E-state index in [0.717, 1.165) is 43.5 Å². The molecule has 0 aliphatic heterocycles. The molecule has 0 amide bonds. The molecule has 0 saturated heterocycles. The average Bonchev–Trinajstić information content (AvgIpc) is 2.76. The van der Waals surface area contributed by atoms with E-state index >= 15 is 0 Å². The number of anilines is 4. The molecular formula is C28H30N4O2S2. The van der Waals surface area contributed by atoms with E-state index in [9.17, 15) is 0 Å². The molecule has 0 spiro atoms. The van der Waals surface area contributed by atoms with Gasteiger partial charge in [-0.2, -0.15) is 0 Å². The Morgan fingerprint density at radius 2 is 0.778 bits per heavy atom. The second-order valence-corrected chi connectivity index (χ2v) is 11.1. The molecule has 0 atom stereocenters. The number of ether oxygens (including phenoxy) is 2. The highest BCUT2D eigenvalue weighted by Crippen LogP contribution is 2.47. The van der Waals surface area contributed by atoms with Crippen LogP contribution in [0, 0.1) is 27.7 Å². The van der Waals surface area contributed by atoms with Crippen molar-refractivity contribution >= 4 is 44.3 Å². The SMILES string of the molecule is Cc1cc(C)cc(Oc2cc(SSc3cc(Oc4cc(C)cc(C)c4)c(N)cc3N)c(N)cc2N)c1. The maximum absolute atomic E-state index is 6.27. The van der Waals surface area contributed by atoms with Crippen LogP contribution in [-0.2, 0) is 0 Å². The first kappa shape index (κ1) is 25.5. The number of nitrogen functional groups attached to an aromatic ring is 4. The molecule has 6 nitrogen and oxygen atoms in total. The van der Waals surface area contributed by atoms with E-state index in [-0.39, 0.29) is 0 Å². The smallest absolute Gasteiger partial charge is 0.151 e. The highest BCUT2D eigenvalue weighted by atomic mass is 33.1. The first-order valence-electron chi connectivity index (χ1n) is 11.3. The van der Waals surface area contributed by atoms with Crippen molar-refractivity contribution < 1.29 is 9.47 Å². The van der Waals surface area contributed by atoms with Gasteiger partial charge in [0.15, 0.2) is 11.5 Å². The van der Waals surface area contributed by atoms with Gasteiger partial charge >= 0.3 is 0 Å². The maximum atomic E-state index is 6.27. The first-order chi connectivity index (χ1) is 17.1. The average molecular weight is 519 g/mol. The zero-order chi connectivity index (χ0) is 26.0. The van der Waals surface area contributed by atoms with Crippen LogP contribution in [0.15, 0.2) is 70.5 Å². The fraction of sp³-hybridized carbons (Fsp3) is 0.143. The molecule has 4 aromatic carbocycles. The van der Waals surface area contributed by atoms with Crippen LogP contribution in [0.5, 0.6) is 23.0 Å². The molecule has 0 aliphatic carbocycles. The summed E-state index contributed by atoms with van der Waals surface area (Å²) in [5.41, 5.74) is 31.5. The Morgan fingerprint density at radius 3 is 1.11 bits per heavy atom. The van der Waals surface area contributed by atoms with Crippen LogP contribution in [0.1, 0.15) is 22.3 Å². The van der Waals surface area contributed by atoms with Gasteiger partial charge in [0, 0.05) is 21.2 Å². The van der Waals surface area contributed by atoms with Gasteiger partial charge in [0.25, 0.3) is 0 Å². The van der Waals surface area contributed by atoms with Gasteiger partial charge in [0.1, 0.15) is 11.5 Å². The topological polar surface area (TPSA) is 123 Å². The molecule has 0 heterocycles. The molecule has 0 fully saturated rings. The molecule has 0 aliphatic rings. The van der Waals surface area contributed by atoms with Crippen molar-refractivity contribution in [2.75, 3.05) is 22.9 Å². The number of aryl methyl sites for hydroxylation is 4. The predicted molar refractivity (Wildman–Crippen MR) is 154 cm³/mol. The largest absolute Gasteiger partial charge is 0.455 e. The van der Waals surface area contributed by atoms with Gasteiger partial charge < -0.3 is 32.4 Å². The van der Waals surface area contributed by atoms with Gasteiger partial charge in [-0.25, -0.2) is 0 Å². The molecule has 186 valence electrons. The minimum absolute atomic E-state index is 0.470. The van der Waals surface area contributed by atoms with Crippen LogP contribution in [-0.4, -0.2) is 0 Å². The predicted octanol–water partition coefficient (Wildman–Crippen LogP) is 7.63. The molecular weight excluding hydrogens is 488 g/mol. The number of rotatable bonds is 7. The first-order valence-corrected chi connectivity index (χ1v) is 13.5. The van der Waals surface area contributed by atoms with E-state index in [1.165, 1.54) is 21.6 Å². The standard InChI is InChI=1S/C28H30N4O2S2/c1-15-5-16(2)8-19(7-15)33-25-13-27(23(31)11-21(25)29)35-36-28-14-26(22(30)12-24(28)32)34-20-9-17(3)6-18(4)10-20/h5-14H,29-32H2,1-4H3. The molecule has 0 saturated carbocycles. The summed E-state index contributed by atoms with van der Waals surface area (Å²) < 4.78 is 12.2. The summed E-state index contributed by atoms with van der Waals surface area (Å²) in [4.78, 5) is 1.61. The highest BCUT2D eigenvalue weighted by Gasteiger charge is 2.14. The molecule has 0 bridgehead atoms. The van der Waals surface area contributed by atoms with Crippen LogP contribution in [0.2, 0.25) is 0 Å². The van der Waals surface area contributed by atoms with Gasteiger partial charge in [0.05, 0.1) is 11.4 Å². The van der Waals surface area contributed by atoms with E-state index in [0.29, 0.717) is 34.2 Å². The summed E-state index contributed by atoms with van der Waals surface area (Å²) in [5.74, 6) is 2.54. The van der Waals surface area contributed by atoms with Crippen molar-refractivity contribution in [2.24, 2.45) is 0 Å². The van der Waals surface area contributed by atoms with Crippen molar-refractivity contribution in [3.63, 3.8) is 0 Å². The van der Waals surface area contributed by atoms with Crippen molar-refractivity contribution in [3.05, 3.63) is 82.9 Å². The Morgan fingerprint density at radius 1 is 0.444 bits per heavy atom. The molecule has 4 rings (SSSR count). The maximum Gasteiger partial charge on any atom is 0.151 e. The molecule has 0 unspecified atom stereocenters. The molecule has 8 heteroatoms. The molecule has 4 aromatic rings. The Bertz CT molecular complexity index is 1290. The van der Waals surface area contributed by atoms with Crippen LogP contribution in [0.4, 0.5) is 22.7 Å². The number of nitrogens with two attached hydrogens (primary N) is 4. The lowest BCUT2D eigenvalue weighted by atomic mass is 10.1. The van der Waals surface area contributed by atoms with Crippen molar-refractivity contribution in [3.8, 4) is 23.0 Å². The molecule has 0 radical (unpaired) electrons. The Kier molecular flexibility index (Phi) is 7.47. The van der Waals surface area contributed by atoms with Crippen molar-refractivity contribution in [1.29, 1.82) is 0 Å². The van der Waals surface area contributed by atoms with E-state index in [2.05, 4.69) is 12.1 Å². The lowest BCUT2D eigenvalue weighted by Crippen LogP contribution is -1.98. The second kappa shape index (κ2) is 10.6. The zero-order valence-corrected chi connectivity index (χ0v) is 22.3. The monoisotopic (exact) mass is 518 g/mol. The van der Waals surface area contributed by atoms with E-state index < -0.39 is 0 Å². The summed E-state index contributed by atoms with van der Waals surface area (Å²) >= 11 is 0. The third-order valence-corrected chi connectivity index (χ3v) is 7.83. The lowest BCUT2D eigenvalue weighted by molar-refractivity contribution is 0.483. The third kappa shape index (κ3) is 6.13. The Labute approximate surface area is 219 Å². The van der Waals surface area contributed by atoms with Gasteiger partial charge in [-0.1, -0.05) is 33.7 Å². The zero-order valence-electron chi connectivity index (χ0n) is 20.7. The summed E-state index contributed by atoms with van der Waals surface area (Å²) in [6.07, 6.45) is 0. The summed E-state index contributed by atoms with van der Waals surface area (Å²) in [5, 5.41) is 0. The van der Waals surface area contributed by atoms with Gasteiger partial charge in [-0.15, -0.1) is 0 Å². The summed E-state index contributed by atoms with van der Waals surface area (Å²) in [6, 6.07) is 19.2. The number of benzene rings is 4. The van der Waals surface area contributed by atoms with Crippen LogP contribution >= 0.6 is 21.6 Å². The highest BCUT2D eigenvalue weighted by molar-refractivity contribution is 8.76. The number of hydrogen-bond donors (Lipinski definition) is 4. The van der Waals surface area contributed by atoms with E-state index in [4.69, 9.17) is 32.4 Å². The van der Waals surface area contributed by atoms with E-state index in [1.807, 2.05) is 64.1 Å². The fourth-order valence-electron chi connectivity index (χ4n) is 3.84. The summed E-state index contributed by atoms with van der Waals surface area (Å²) in [6.45, 7) is 8.11. The lowest BCUT2D eigenvalue weighted by Gasteiger charge is -2.15. The van der Waals surface area contributed by atoms with Crippen LogP contribution < -0.4 is 32.4 Å². The quantitative estimate of drug-likeness (QED) is 0.145. The molecule has 36 heavy (non-hydrogen) atoms. The fourth-order valence-corrected chi connectivity index (χ4v) is 6.04. The number of hydrogen-bond acceptors (Lipinski definition) is 8. The van der Waals surface area contributed by atoms with E-state index in [1.54, 1.807) is 12.1 Å².